The Hall–Kier alpha value is -0.900. The van der Waals surface area contributed by atoms with Gasteiger partial charge in [0.05, 0.1) is 10.6 Å². The zero-order valence-electron chi connectivity index (χ0n) is 9.30. The summed E-state index contributed by atoms with van der Waals surface area (Å²) in [7, 11) is -7.15. The Morgan fingerprint density at radius 3 is 2.44 bits per heavy atom. The van der Waals surface area contributed by atoms with Gasteiger partial charge in [-0.3, -0.25) is 4.79 Å². The maximum atomic E-state index is 11.7. The summed E-state index contributed by atoms with van der Waals surface area (Å²) in [5.74, 6) is -0.316. The molecule has 0 aromatic carbocycles. The summed E-state index contributed by atoms with van der Waals surface area (Å²) in [5.41, 5.74) is -0.605. The van der Waals surface area contributed by atoms with Gasteiger partial charge >= 0.3 is 0 Å². The third-order valence-electron chi connectivity index (χ3n) is 1.91. The molecule has 0 aliphatic carbocycles. The molecule has 0 bridgehead atoms. The molecule has 1 heterocycles. The Balaban J connectivity index is 2.87. The Morgan fingerprint density at radius 1 is 1.33 bits per heavy atom. The molecule has 0 aliphatic rings. The maximum absolute atomic E-state index is 11.7. The lowest BCUT2D eigenvalue weighted by Crippen LogP contribution is -2.29. The van der Waals surface area contributed by atoms with Gasteiger partial charge in [0.2, 0.25) is 10.0 Å². The summed E-state index contributed by atoms with van der Waals surface area (Å²) in [6, 6.07) is 0.989. The third-order valence-corrected chi connectivity index (χ3v) is 4.57. The zero-order valence-corrected chi connectivity index (χ0v) is 11.7. The molecule has 0 spiro atoms. The van der Waals surface area contributed by atoms with Gasteiger partial charge in [-0.15, -0.1) is 0 Å². The lowest BCUT2D eigenvalue weighted by Gasteiger charge is -2.05. The molecule has 0 fully saturated rings. The molecule has 0 unspecified atom stereocenters. The zero-order chi connectivity index (χ0) is 14.0. The standard InChI is InChI=1S/C8H11ClN2O5S2/c1-17(13,14)3-2-11-18(15,16)6-4-7(9)8(12)10-5-6/h4-5,11H,2-3H2,1H3,(H,10,12). The molecular weight excluding hydrogens is 304 g/mol. The SMILES string of the molecule is CS(=O)(=O)CCNS(=O)(=O)c1c[nH]c(=O)c(Cl)c1. The van der Waals surface area contributed by atoms with Crippen LogP contribution in [0.3, 0.4) is 0 Å². The van der Waals surface area contributed by atoms with E-state index in [4.69, 9.17) is 11.6 Å². The molecule has 1 aromatic heterocycles. The lowest BCUT2D eigenvalue weighted by molar-refractivity contribution is 0.581. The van der Waals surface area contributed by atoms with Crippen LogP contribution in [-0.2, 0) is 19.9 Å². The quantitative estimate of drug-likeness (QED) is 0.750. The van der Waals surface area contributed by atoms with Gasteiger partial charge in [0.15, 0.2) is 0 Å². The van der Waals surface area contributed by atoms with E-state index in [0.29, 0.717) is 0 Å². The molecule has 0 amide bonds. The van der Waals surface area contributed by atoms with Crippen molar-refractivity contribution in [2.75, 3.05) is 18.6 Å². The first-order valence-corrected chi connectivity index (χ1v) is 8.59. The number of pyridine rings is 1. The molecule has 10 heteroatoms. The van der Waals surface area contributed by atoms with Crippen molar-refractivity contribution < 1.29 is 16.8 Å². The second-order valence-electron chi connectivity index (χ2n) is 3.54. The second kappa shape index (κ2) is 5.39. The predicted molar refractivity (Wildman–Crippen MR) is 67.0 cm³/mol. The van der Waals surface area contributed by atoms with E-state index in [1.54, 1.807) is 0 Å². The fraction of sp³-hybridized carbons (Fsp3) is 0.375. The number of halogens is 1. The smallest absolute Gasteiger partial charge is 0.266 e. The number of sulfone groups is 1. The van der Waals surface area contributed by atoms with Crippen LogP contribution in [0.15, 0.2) is 22.0 Å². The van der Waals surface area contributed by atoms with E-state index < -0.39 is 25.4 Å². The Kier molecular flexibility index (Phi) is 4.54. The molecule has 0 aliphatic heterocycles. The first-order valence-electron chi connectivity index (χ1n) is 4.67. The monoisotopic (exact) mass is 314 g/mol. The van der Waals surface area contributed by atoms with Crippen LogP contribution in [0.2, 0.25) is 5.02 Å². The van der Waals surface area contributed by atoms with Crippen molar-refractivity contribution in [3.63, 3.8) is 0 Å². The number of aromatic amines is 1. The number of aromatic nitrogens is 1. The van der Waals surface area contributed by atoms with Gasteiger partial charge in [-0.05, 0) is 6.07 Å². The number of hydrogen-bond donors (Lipinski definition) is 2. The van der Waals surface area contributed by atoms with Crippen LogP contribution < -0.4 is 10.3 Å². The molecule has 1 aromatic rings. The van der Waals surface area contributed by atoms with E-state index in [1.807, 2.05) is 0 Å². The highest BCUT2D eigenvalue weighted by Crippen LogP contribution is 2.09. The van der Waals surface area contributed by atoms with Crippen molar-refractivity contribution in [1.29, 1.82) is 0 Å². The van der Waals surface area contributed by atoms with E-state index in [9.17, 15) is 21.6 Å². The van der Waals surface area contributed by atoms with Crippen molar-refractivity contribution in [2.24, 2.45) is 0 Å². The van der Waals surface area contributed by atoms with Crippen LogP contribution in [0.25, 0.3) is 0 Å². The summed E-state index contributed by atoms with van der Waals surface area (Å²) < 4.78 is 47.2. The highest BCUT2D eigenvalue weighted by molar-refractivity contribution is 7.91. The van der Waals surface area contributed by atoms with Crippen LogP contribution >= 0.6 is 11.6 Å². The Labute approximate surface area is 109 Å². The van der Waals surface area contributed by atoms with Crippen molar-refractivity contribution in [1.82, 2.24) is 9.71 Å². The molecule has 18 heavy (non-hydrogen) atoms. The molecule has 2 N–H and O–H groups in total. The molecule has 102 valence electrons. The van der Waals surface area contributed by atoms with Crippen molar-refractivity contribution in [3.8, 4) is 0 Å². The highest BCUT2D eigenvalue weighted by Gasteiger charge is 2.16. The summed E-state index contributed by atoms with van der Waals surface area (Å²) in [6.45, 7) is -0.252. The second-order valence-corrected chi connectivity index (χ2v) is 7.97. The fourth-order valence-corrected chi connectivity index (χ4v) is 2.90. The van der Waals surface area contributed by atoms with Crippen molar-refractivity contribution >= 4 is 31.5 Å². The van der Waals surface area contributed by atoms with Crippen LogP contribution in [0.4, 0.5) is 0 Å². The van der Waals surface area contributed by atoms with Gasteiger partial charge in [0.25, 0.3) is 5.56 Å². The van der Waals surface area contributed by atoms with Gasteiger partial charge in [-0.2, -0.15) is 0 Å². The predicted octanol–water partition coefficient (Wildman–Crippen LogP) is -0.649. The third kappa shape index (κ3) is 4.41. The molecule has 7 nitrogen and oxygen atoms in total. The normalized spacial score (nSPS) is 12.6. The van der Waals surface area contributed by atoms with Crippen molar-refractivity contribution in [3.05, 3.63) is 27.6 Å². The van der Waals surface area contributed by atoms with Crippen LogP contribution in [-0.4, -0.2) is 40.4 Å². The van der Waals surface area contributed by atoms with E-state index in [1.165, 1.54) is 0 Å². The molecule has 0 atom stereocenters. The van der Waals surface area contributed by atoms with Gasteiger partial charge < -0.3 is 4.98 Å². The molecule has 0 saturated carbocycles. The van der Waals surface area contributed by atoms with Crippen molar-refractivity contribution in [2.45, 2.75) is 4.90 Å². The molecule has 0 radical (unpaired) electrons. The van der Waals surface area contributed by atoms with Gasteiger partial charge in [0, 0.05) is 19.0 Å². The molecule has 0 saturated heterocycles. The summed E-state index contributed by atoms with van der Waals surface area (Å²) >= 11 is 5.49. The van der Waals surface area contributed by atoms with Gasteiger partial charge in [-0.25, -0.2) is 21.6 Å². The first kappa shape index (κ1) is 15.2. The van der Waals surface area contributed by atoms with Crippen LogP contribution in [0, 0.1) is 0 Å². The number of hydrogen-bond acceptors (Lipinski definition) is 5. The largest absolute Gasteiger partial charge is 0.326 e. The highest BCUT2D eigenvalue weighted by atomic mass is 35.5. The topological polar surface area (TPSA) is 113 Å². The first-order chi connectivity index (χ1) is 8.12. The summed E-state index contributed by atoms with van der Waals surface area (Å²) in [6.07, 6.45) is 1.98. The van der Waals surface area contributed by atoms with Crippen LogP contribution in [0.1, 0.15) is 0 Å². The Morgan fingerprint density at radius 2 is 1.94 bits per heavy atom. The van der Waals surface area contributed by atoms with E-state index in [-0.39, 0.29) is 22.2 Å². The summed E-state index contributed by atoms with van der Waals surface area (Å²) in [5, 5.41) is -0.263. The number of sulfonamides is 1. The average molecular weight is 315 g/mol. The maximum Gasteiger partial charge on any atom is 0.266 e. The average Bonchev–Trinajstić information content (AvgIpc) is 2.19. The van der Waals surface area contributed by atoms with E-state index >= 15 is 0 Å². The lowest BCUT2D eigenvalue weighted by atomic mass is 10.5. The van der Waals surface area contributed by atoms with Gasteiger partial charge in [-0.1, -0.05) is 11.6 Å². The number of H-pyrrole nitrogens is 1. The number of rotatable bonds is 5. The van der Waals surface area contributed by atoms with Crippen LogP contribution in [0.5, 0.6) is 0 Å². The summed E-state index contributed by atoms with van der Waals surface area (Å²) in [4.78, 5) is 12.9. The Bertz CT molecular complexity index is 692. The number of nitrogens with one attached hydrogen (secondary N) is 2. The van der Waals surface area contributed by atoms with E-state index in [0.717, 1.165) is 18.5 Å². The molecular formula is C8H11ClN2O5S2. The molecule has 1 rings (SSSR count). The van der Waals surface area contributed by atoms with E-state index in [2.05, 4.69) is 9.71 Å². The fourth-order valence-electron chi connectivity index (χ4n) is 1.04. The minimum atomic E-state index is -3.89. The van der Waals surface area contributed by atoms with Gasteiger partial charge in [0.1, 0.15) is 14.9 Å². The minimum absolute atomic E-state index is 0.236. The minimum Gasteiger partial charge on any atom is -0.326 e.